The van der Waals surface area contributed by atoms with E-state index in [1.807, 2.05) is 0 Å². The molecule has 3 heterocycles. The number of carbonyl (C=O) groups is 2. The Labute approximate surface area is 228 Å². The molecule has 0 radical (unpaired) electrons. The number of ether oxygens (including phenoxy) is 3. The number of nitrogens with one attached hydrogen (secondary N) is 2. The molecule has 1 spiro atoms. The number of methoxy groups -OCH3 is 1. The van der Waals surface area contributed by atoms with Gasteiger partial charge in [-0.15, -0.1) is 0 Å². The van der Waals surface area contributed by atoms with Gasteiger partial charge < -0.3 is 29.7 Å². The number of carbonyl (C=O) groups excluding carboxylic acids is 2. The summed E-state index contributed by atoms with van der Waals surface area (Å²) >= 11 is 0. The smallest absolute Gasteiger partial charge is 0.430 e. The molecule has 5 rings (SSSR count). The third-order valence-corrected chi connectivity index (χ3v) is 8.16. The number of likely N-dealkylation sites (tertiary alicyclic amines) is 1. The number of hydrogen-bond acceptors (Lipinski definition) is 5. The van der Waals surface area contributed by atoms with Crippen molar-refractivity contribution in [2.75, 3.05) is 40.0 Å². The predicted octanol–water partition coefficient (Wildman–Crippen LogP) is 3.86. The van der Waals surface area contributed by atoms with Crippen molar-refractivity contribution in [2.45, 2.75) is 48.6 Å². The van der Waals surface area contributed by atoms with Crippen LogP contribution in [0.2, 0.25) is 0 Å². The second kappa shape index (κ2) is 10.9. The Morgan fingerprint density at radius 3 is 2.48 bits per heavy atom. The minimum Gasteiger partial charge on any atom is -0.488 e. The van der Waals surface area contributed by atoms with E-state index in [0.717, 1.165) is 12.0 Å². The standard InChI is InChI=1S/C28H31F4N3O5/c1-38-27(28(30,31)32,18-5-3-2-4-6-18)24(36)35-12-10-26(11-13-35)22(16-33-25(37)34-26)21-8-7-19(29)15-23(21)40-20-9-14-39-17-20/h2-8,15,20,22H,9-14,16-17H2,1H3,(H2,33,34,37)/t20-,22+,27+/m0/s1. The summed E-state index contributed by atoms with van der Waals surface area (Å²) in [4.78, 5) is 27.2. The number of piperidine rings is 1. The molecule has 12 heteroatoms. The fourth-order valence-corrected chi connectivity index (χ4v) is 6.05. The molecule has 0 unspecified atom stereocenters. The summed E-state index contributed by atoms with van der Waals surface area (Å²) in [5, 5.41) is 5.75. The molecule has 3 atom stereocenters. The van der Waals surface area contributed by atoms with Gasteiger partial charge in [0.1, 0.15) is 17.7 Å². The van der Waals surface area contributed by atoms with E-state index in [4.69, 9.17) is 14.2 Å². The third-order valence-electron chi connectivity index (χ3n) is 8.16. The number of benzene rings is 2. The quantitative estimate of drug-likeness (QED) is 0.520. The first-order valence-corrected chi connectivity index (χ1v) is 13.2. The van der Waals surface area contributed by atoms with Gasteiger partial charge in [0.05, 0.1) is 18.8 Å². The molecule has 2 aromatic carbocycles. The molecule has 2 aromatic rings. The van der Waals surface area contributed by atoms with Crippen LogP contribution in [-0.4, -0.2) is 74.6 Å². The van der Waals surface area contributed by atoms with E-state index < -0.39 is 41.0 Å². The van der Waals surface area contributed by atoms with Gasteiger partial charge in [0.2, 0.25) is 0 Å². The number of alkyl halides is 3. The van der Waals surface area contributed by atoms with Crippen LogP contribution in [0.5, 0.6) is 5.75 Å². The van der Waals surface area contributed by atoms with Crippen LogP contribution in [0.4, 0.5) is 22.4 Å². The van der Waals surface area contributed by atoms with Crippen LogP contribution < -0.4 is 15.4 Å². The van der Waals surface area contributed by atoms with Gasteiger partial charge in [0, 0.05) is 56.3 Å². The van der Waals surface area contributed by atoms with Crippen molar-refractivity contribution in [3.05, 3.63) is 65.5 Å². The lowest BCUT2D eigenvalue weighted by molar-refractivity contribution is -0.270. The first-order valence-electron chi connectivity index (χ1n) is 13.2. The molecular weight excluding hydrogens is 534 g/mol. The molecule has 40 heavy (non-hydrogen) atoms. The molecule has 0 bridgehead atoms. The van der Waals surface area contributed by atoms with E-state index in [9.17, 15) is 27.2 Å². The van der Waals surface area contributed by atoms with Crippen molar-refractivity contribution in [1.82, 2.24) is 15.5 Å². The van der Waals surface area contributed by atoms with Crippen LogP contribution in [0, 0.1) is 5.82 Å². The van der Waals surface area contributed by atoms with Crippen molar-refractivity contribution in [1.29, 1.82) is 0 Å². The third kappa shape index (κ3) is 4.98. The fourth-order valence-electron chi connectivity index (χ4n) is 6.05. The van der Waals surface area contributed by atoms with Crippen LogP contribution >= 0.6 is 0 Å². The second-order valence-corrected chi connectivity index (χ2v) is 10.4. The van der Waals surface area contributed by atoms with Gasteiger partial charge in [0.15, 0.2) is 0 Å². The normalized spacial score (nSPS) is 24.2. The molecule has 3 fully saturated rings. The molecule has 3 aliphatic heterocycles. The highest BCUT2D eigenvalue weighted by Gasteiger charge is 2.64. The van der Waals surface area contributed by atoms with E-state index in [2.05, 4.69) is 10.6 Å². The van der Waals surface area contributed by atoms with Gasteiger partial charge in [0.25, 0.3) is 11.5 Å². The molecule has 3 aliphatic rings. The molecule has 2 N–H and O–H groups in total. The van der Waals surface area contributed by atoms with Crippen molar-refractivity contribution in [2.24, 2.45) is 0 Å². The van der Waals surface area contributed by atoms with Gasteiger partial charge in [-0.05, 0) is 18.9 Å². The summed E-state index contributed by atoms with van der Waals surface area (Å²) in [6.45, 7) is 1.00. The second-order valence-electron chi connectivity index (χ2n) is 10.4. The Balaban J connectivity index is 1.43. The summed E-state index contributed by atoms with van der Waals surface area (Å²) in [5.41, 5.74) is -3.72. The maximum absolute atomic E-state index is 14.5. The summed E-state index contributed by atoms with van der Waals surface area (Å²) in [6, 6.07) is 10.6. The van der Waals surface area contributed by atoms with E-state index in [1.54, 1.807) is 12.1 Å². The number of halogens is 4. The first-order chi connectivity index (χ1) is 19.1. The van der Waals surface area contributed by atoms with Gasteiger partial charge in [-0.1, -0.05) is 36.4 Å². The zero-order valence-electron chi connectivity index (χ0n) is 21.9. The highest BCUT2D eigenvalue weighted by molar-refractivity contribution is 5.88. The number of amides is 3. The van der Waals surface area contributed by atoms with Crippen LogP contribution in [-0.2, 0) is 19.9 Å². The summed E-state index contributed by atoms with van der Waals surface area (Å²) < 4.78 is 74.2. The van der Waals surface area contributed by atoms with Crippen molar-refractivity contribution in [3.63, 3.8) is 0 Å². The zero-order chi connectivity index (χ0) is 28.5. The van der Waals surface area contributed by atoms with Gasteiger partial charge in [-0.2, -0.15) is 13.2 Å². The Morgan fingerprint density at radius 2 is 1.85 bits per heavy atom. The van der Waals surface area contributed by atoms with Gasteiger partial charge in [-0.25, -0.2) is 9.18 Å². The lowest BCUT2D eigenvalue weighted by Crippen LogP contribution is -2.67. The molecule has 216 valence electrons. The van der Waals surface area contributed by atoms with Crippen LogP contribution in [0.25, 0.3) is 0 Å². The maximum Gasteiger partial charge on any atom is 0.430 e. The average molecular weight is 566 g/mol. The first kappa shape index (κ1) is 28.2. The molecule has 3 amide bonds. The van der Waals surface area contributed by atoms with Crippen LogP contribution in [0.1, 0.15) is 36.3 Å². The van der Waals surface area contributed by atoms with E-state index in [-0.39, 0.29) is 44.1 Å². The summed E-state index contributed by atoms with van der Waals surface area (Å²) in [7, 11) is 0.873. The lowest BCUT2D eigenvalue weighted by Gasteiger charge is -2.50. The highest BCUT2D eigenvalue weighted by Crippen LogP contribution is 2.46. The van der Waals surface area contributed by atoms with Gasteiger partial charge >= 0.3 is 12.2 Å². The Kier molecular flexibility index (Phi) is 7.66. The molecule has 0 saturated carbocycles. The van der Waals surface area contributed by atoms with Crippen LogP contribution in [0.15, 0.2) is 48.5 Å². The summed E-state index contributed by atoms with van der Waals surface area (Å²) in [6.07, 6.45) is -4.27. The van der Waals surface area contributed by atoms with E-state index in [1.165, 1.54) is 36.4 Å². The Bertz CT molecular complexity index is 1230. The molecule has 3 saturated heterocycles. The Hall–Kier alpha value is -3.38. The topological polar surface area (TPSA) is 89.1 Å². The zero-order valence-corrected chi connectivity index (χ0v) is 21.9. The maximum atomic E-state index is 14.5. The summed E-state index contributed by atoms with van der Waals surface area (Å²) in [5.74, 6) is -1.77. The number of rotatable bonds is 6. The molecule has 8 nitrogen and oxygen atoms in total. The molecular formula is C28H31F4N3O5. The SMILES string of the molecule is CO[C@@](C(=O)N1CCC2(CC1)NC(=O)NC[C@@H]2c1ccc(F)cc1O[C@H]1CCOC1)(c1ccccc1)C(F)(F)F. The average Bonchev–Trinajstić information content (AvgIpc) is 3.43. The minimum atomic E-state index is -5.02. The van der Waals surface area contributed by atoms with Crippen molar-refractivity contribution < 1.29 is 41.4 Å². The Morgan fingerprint density at radius 1 is 1.12 bits per heavy atom. The van der Waals surface area contributed by atoms with E-state index in [0.29, 0.717) is 30.9 Å². The predicted molar refractivity (Wildman–Crippen MR) is 135 cm³/mol. The number of urea groups is 1. The molecule has 0 aliphatic carbocycles. The lowest BCUT2D eigenvalue weighted by atomic mass is 9.71. The minimum absolute atomic E-state index is 0.0580. The van der Waals surface area contributed by atoms with Gasteiger partial charge in [-0.3, -0.25) is 4.79 Å². The largest absolute Gasteiger partial charge is 0.488 e. The van der Waals surface area contributed by atoms with Crippen LogP contribution in [0.3, 0.4) is 0 Å². The monoisotopic (exact) mass is 565 g/mol. The van der Waals surface area contributed by atoms with E-state index >= 15 is 0 Å². The number of hydrogen-bond donors (Lipinski definition) is 2. The van der Waals surface area contributed by atoms with Crippen molar-refractivity contribution >= 4 is 11.9 Å². The van der Waals surface area contributed by atoms with Crippen molar-refractivity contribution in [3.8, 4) is 5.75 Å². The highest BCUT2D eigenvalue weighted by atomic mass is 19.4. The molecule has 0 aromatic heterocycles. The number of nitrogens with zero attached hydrogens (tertiary/aromatic N) is 1. The fraction of sp³-hybridized carbons (Fsp3) is 0.500.